The summed E-state index contributed by atoms with van der Waals surface area (Å²) in [5.74, 6) is 1.22. The minimum atomic E-state index is 0.215. The van der Waals surface area contributed by atoms with Crippen LogP contribution in [0.4, 0.5) is 0 Å². The van der Waals surface area contributed by atoms with E-state index < -0.39 is 0 Å². The van der Waals surface area contributed by atoms with E-state index >= 15 is 0 Å². The van der Waals surface area contributed by atoms with Crippen LogP contribution in [0.5, 0.6) is 0 Å². The van der Waals surface area contributed by atoms with Crippen molar-refractivity contribution in [1.29, 1.82) is 0 Å². The summed E-state index contributed by atoms with van der Waals surface area (Å²) in [7, 11) is 0. The van der Waals surface area contributed by atoms with Gasteiger partial charge >= 0.3 is 0 Å². The van der Waals surface area contributed by atoms with Crippen LogP contribution in [0.15, 0.2) is 0 Å². The molecule has 0 aromatic rings. The number of carbonyl (C=O) groups excluding carboxylic acids is 1. The number of hydrogen-bond acceptors (Lipinski definition) is 2. The SMILES string of the molecule is CC(CN)CNC(=O)CC1CCCCCC1. The maximum absolute atomic E-state index is 11.7. The molecule has 0 saturated heterocycles. The number of amides is 1. The first-order valence-corrected chi connectivity index (χ1v) is 6.69. The summed E-state index contributed by atoms with van der Waals surface area (Å²) >= 11 is 0. The molecule has 0 spiro atoms. The largest absolute Gasteiger partial charge is 0.356 e. The van der Waals surface area contributed by atoms with Gasteiger partial charge in [0.25, 0.3) is 0 Å². The Morgan fingerprint density at radius 2 is 1.94 bits per heavy atom. The summed E-state index contributed by atoms with van der Waals surface area (Å²) in [6, 6.07) is 0. The van der Waals surface area contributed by atoms with Crippen molar-refractivity contribution >= 4 is 5.91 Å². The topological polar surface area (TPSA) is 55.1 Å². The van der Waals surface area contributed by atoms with Gasteiger partial charge in [-0.2, -0.15) is 0 Å². The molecule has 0 aliphatic heterocycles. The maximum atomic E-state index is 11.7. The molecule has 94 valence electrons. The molecule has 16 heavy (non-hydrogen) atoms. The first-order chi connectivity index (χ1) is 7.72. The van der Waals surface area contributed by atoms with Gasteiger partial charge in [0.1, 0.15) is 0 Å². The number of rotatable bonds is 5. The van der Waals surface area contributed by atoms with E-state index in [1.807, 2.05) is 0 Å². The molecule has 1 atom stereocenters. The van der Waals surface area contributed by atoms with E-state index in [0.717, 1.165) is 13.0 Å². The van der Waals surface area contributed by atoms with E-state index in [-0.39, 0.29) is 5.91 Å². The molecule has 3 nitrogen and oxygen atoms in total. The van der Waals surface area contributed by atoms with Crippen molar-refractivity contribution in [1.82, 2.24) is 5.32 Å². The molecule has 0 aromatic heterocycles. The summed E-state index contributed by atoms with van der Waals surface area (Å²) in [6.45, 7) is 3.43. The van der Waals surface area contributed by atoms with Crippen molar-refractivity contribution in [3.05, 3.63) is 0 Å². The third-order valence-corrected chi connectivity index (χ3v) is 3.50. The zero-order valence-corrected chi connectivity index (χ0v) is 10.5. The molecule has 1 aliphatic rings. The molecule has 1 unspecified atom stereocenters. The molecule has 1 saturated carbocycles. The normalized spacial score (nSPS) is 20.1. The standard InChI is InChI=1S/C13H26N2O/c1-11(9-14)10-15-13(16)8-12-6-4-2-3-5-7-12/h11-12H,2-10,14H2,1H3,(H,15,16). The van der Waals surface area contributed by atoms with Crippen LogP contribution in [-0.4, -0.2) is 19.0 Å². The fourth-order valence-corrected chi connectivity index (χ4v) is 2.27. The molecule has 0 heterocycles. The van der Waals surface area contributed by atoms with Crippen molar-refractivity contribution in [2.75, 3.05) is 13.1 Å². The molecule has 3 heteroatoms. The summed E-state index contributed by atoms with van der Waals surface area (Å²) in [5, 5.41) is 2.98. The van der Waals surface area contributed by atoms with Crippen LogP contribution in [0.1, 0.15) is 51.9 Å². The smallest absolute Gasteiger partial charge is 0.220 e. The van der Waals surface area contributed by atoms with Crippen LogP contribution >= 0.6 is 0 Å². The summed E-state index contributed by atoms with van der Waals surface area (Å²) in [5.41, 5.74) is 5.51. The van der Waals surface area contributed by atoms with Crippen LogP contribution in [0.2, 0.25) is 0 Å². The highest BCUT2D eigenvalue weighted by Crippen LogP contribution is 2.25. The van der Waals surface area contributed by atoms with Gasteiger partial charge in [-0.25, -0.2) is 0 Å². The predicted octanol–water partition coefficient (Wildman–Crippen LogP) is 2.06. The van der Waals surface area contributed by atoms with Gasteiger partial charge in [0.05, 0.1) is 0 Å². The van der Waals surface area contributed by atoms with E-state index in [0.29, 0.717) is 18.4 Å². The fraction of sp³-hybridized carbons (Fsp3) is 0.923. The van der Waals surface area contributed by atoms with Gasteiger partial charge in [-0.1, -0.05) is 32.6 Å². The highest BCUT2D eigenvalue weighted by molar-refractivity contribution is 5.76. The van der Waals surface area contributed by atoms with Crippen molar-refractivity contribution < 1.29 is 4.79 Å². The van der Waals surface area contributed by atoms with E-state index in [1.54, 1.807) is 0 Å². The number of carbonyl (C=O) groups is 1. The molecular weight excluding hydrogens is 200 g/mol. The number of nitrogens with one attached hydrogen (secondary N) is 1. The Kier molecular flexibility index (Phi) is 6.46. The molecular formula is C13H26N2O. The van der Waals surface area contributed by atoms with Gasteiger partial charge in [0, 0.05) is 13.0 Å². The average molecular weight is 226 g/mol. The number of hydrogen-bond donors (Lipinski definition) is 2. The highest BCUT2D eigenvalue weighted by atomic mass is 16.1. The zero-order valence-electron chi connectivity index (χ0n) is 10.5. The van der Waals surface area contributed by atoms with E-state index in [2.05, 4.69) is 12.2 Å². The van der Waals surface area contributed by atoms with Gasteiger partial charge in [0.2, 0.25) is 5.91 Å². The van der Waals surface area contributed by atoms with E-state index in [4.69, 9.17) is 5.73 Å². The monoisotopic (exact) mass is 226 g/mol. The minimum Gasteiger partial charge on any atom is -0.356 e. The Bertz CT molecular complexity index is 198. The van der Waals surface area contributed by atoms with Gasteiger partial charge in [0.15, 0.2) is 0 Å². The molecule has 1 aliphatic carbocycles. The predicted molar refractivity (Wildman–Crippen MR) is 67.0 cm³/mol. The lowest BCUT2D eigenvalue weighted by Crippen LogP contribution is -2.32. The van der Waals surface area contributed by atoms with Gasteiger partial charge < -0.3 is 11.1 Å². The van der Waals surface area contributed by atoms with Gasteiger partial charge in [-0.3, -0.25) is 4.79 Å². The average Bonchev–Trinajstić information content (AvgIpc) is 2.54. The second kappa shape index (κ2) is 7.66. The van der Waals surface area contributed by atoms with Gasteiger partial charge in [-0.15, -0.1) is 0 Å². The van der Waals surface area contributed by atoms with Crippen LogP contribution < -0.4 is 11.1 Å². The lowest BCUT2D eigenvalue weighted by molar-refractivity contribution is -0.122. The second-order valence-electron chi connectivity index (χ2n) is 5.21. The van der Waals surface area contributed by atoms with E-state index in [1.165, 1.54) is 38.5 Å². The van der Waals surface area contributed by atoms with Crippen molar-refractivity contribution in [3.63, 3.8) is 0 Å². The van der Waals surface area contributed by atoms with Crippen LogP contribution in [0.3, 0.4) is 0 Å². The third-order valence-electron chi connectivity index (χ3n) is 3.50. The Hall–Kier alpha value is -0.570. The summed E-state index contributed by atoms with van der Waals surface area (Å²) < 4.78 is 0. The molecule has 0 bridgehead atoms. The Morgan fingerprint density at radius 3 is 2.50 bits per heavy atom. The lowest BCUT2D eigenvalue weighted by Gasteiger charge is -2.15. The molecule has 1 rings (SSSR count). The third kappa shape index (κ3) is 5.50. The number of nitrogens with two attached hydrogens (primary N) is 1. The first kappa shape index (κ1) is 13.5. The van der Waals surface area contributed by atoms with Crippen molar-refractivity contribution in [3.8, 4) is 0 Å². The first-order valence-electron chi connectivity index (χ1n) is 6.69. The Morgan fingerprint density at radius 1 is 1.31 bits per heavy atom. The Labute approximate surface area is 99.2 Å². The molecule has 0 aromatic carbocycles. The molecule has 0 radical (unpaired) electrons. The van der Waals surface area contributed by atoms with Crippen LogP contribution in [-0.2, 0) is 4.79 Å². The molecule has 1 amide bonds. The second-order valence-corrected chi connectivity index (χ2v) is 5.21. The van der Waals surface area contributed by atoms with E-state index in [9.17, 15) is 4.79 Å². The zero-order chi connectivity index (χ0) is 11.8. The fourth-order valence-electron chi connectivity index (χ4n) is 2.27. The molecule has 1 fully saturated rings. The minimum absolute atomic E-state index is 0.215. The summed E-state index contributed by atoms with van der Waals surface area (Å²) in [6.07, 6.45) is 8.50. The van der Waals surface area contributed by atoms with Crippen molar-refractivity contribution in [2.24, 2.45) is 17.6 Å². The lowest BCUT2D eigenvalue weighted by atomic mass is 9.96. The maximum Gasteiger partial charge on any atom is 0.220 e. The summed E-state index contributed by atoms with van der Waals surface area (Å²) in [4.78, 5) is 11.7. The van der Waals surface area contributed by atoms with Crippen LogP contribution in [0, 0.1) is 11.8 Å². The highest BCUT2D eigenvalue weighted by Gasteiger charge is 2.16. The van der Waals surface area contributed by atoms with Crippen molar-refractivity contribution in [2.45, 2.75) is 51.9 Å². The molecule has 3 N–H and O–H groups in total. The Balaban J connectivity index is 2.16. The van der Waals surface area contributed by atoms with Crippen LogP contribution in [0.25, 0.3) is 0 Å². The van der Waals surface area contributed by atoms with Gasteiger partial charge in [-0.05, 0) is 31.2 Å². The quantitative estimate of drug-likeness (QED) is 0.705.